The molecule has 1 nitrogen and oxygen atoms in total. The third-order valence-corrected chi connectivity index (χ3v) is 6.96. The Hall–Kier alpha value is -1.89. The van der Waals surface area contributed by atoms with Gasteiger partial charge in [0.1, 0.15) is 0 Å². The van der Waals surface area contributed by atoms with Crippen molar-refractivity contribution in [1.29, 1.82) is 0 Å². The van der Waals surface area contributed by atoms with Crippen LogP contribution in [0.4, 0.5) is 0 Å². The second kappa shape index (κ2) is 10.2. The maximum Gasteiger partial charge on any atom is 0.193 e. The van der Waals surface area contributed by atoms with Gasteiger partial charge in [-0.05, 0) is 60.5 Å². The lowest BCUT2D eigenvalue weighted by atomic mass is 9.79. The van der Waals surface area contributed by atoms with Crippen molar-refractivity contribution in [3.63, 3.8) is 0 Å². The lowest BCUT2D eigenvalue weighted by Crippen LogP contribution is -2.11. The third kappa shape index (κ3) is 6.04. The largest absolute Gasteiger partial charge is 0.289 e. The maximum absolute atomic E-state index is 12.9. The fourth-order valence-electron chi connectivity index (χ4n) is 4.80. The van der Waals surface area contributed by atoms with Crippen LogP contribution in [0.25, 0.3) is 0 Å². The molecule has 1 heteroatoms. The van der Waals surface area contributed by atoms with Gasteiger partial charge in [-0.15, -0.1) is 0 Å². The predicted molar refractivity (Wildman–Crippen MR) is 124 cm³/mol. The van der Waals surface area contributed by atoms with Crippen molar-refractivity contribution in [2.45, 2.75) is 78.6 Å². The molecule has 0 aliphatic heterocycles. The number of rotatable bonds is 8. The van der Waals surface area contributed by atoms with Gasteiger partial charge in [0.25, 0.3) is 0 Å². The molecule has 2 aromatic rings. The molecular formula is C28H38O. The van der Waals surface area contributed by atoms with Gasteiger partial charge >= 0.3 is 0 Å². The smallest absolute Gasteiger partial charge is 0.193 e. The minimum Gasteiger partial charge on any atom is -0.289 e. The van der Waals surface area contributed by atoms with Gasteiger partial charge in [-0.2, -0.15) is 0 Å². The topological polar surface area (TPSA) is 17.1 Å². The average Bonchev–Trinajstić information content (AvgIpc) is 2.74. The van der Waals surface area contributed by atoms with Gasteiger partial charge in [0, 0.05) is 11.1 Å². The Kier molecular flexibility index (Phi) is 7.70. The van der Waals surface area contributed by atoms with Gasteiger partial charge in [0.15, 0.2) is 5.78 Å². The van der Waals surface area contributed by atoms with Crippen LogP contribution in [0.15, 0.2) is 48.5 Å². The summed E-state index contributed by atoms with van der Waals surface area (Å²) in [6.45, 7) is 9.29. The molecule has 3 rings (SSSR count). The molecule has 1 saturated carbocycles. The summed E-state index contributed by atoms with van der Waals surface area (Å²) in [5, 5.41) is 0. The fraction of sp³-hybridized carbons (Fsp3) is 0.536. The van der Waals surface area contributed by atoms with E-state index in [1.165, 1.54) is 49.7 Å². The fourth-order valence-corrected chi connectivity index (χ4v) is 4.80. The number of carbonyl (C=O) groups excluding carboxylic acids is 1. The van der Waals surface area contributed by atoms with Gasteiger partial charge in [-0.1, -0.05) is 95.5 Å². The van der Waals surface area contributed by atoms with Crippen LogP contribution in [0.5, 0.6) is 0 Å². The van der Waals surface area contributed by atoms with E-state index in [0.29, 0.717) is 11.8 Å². The summed E-state index contributed by atoms with van der Waals surface area (Å²) in [5.41, 5.74) is 4.33. The third-order valence-electron chi connectivity index (χ3n) is 6.96. The summed E-state index contributed by atoms with van der Waals surface area (Å²) in [6.07, 6.45) is 8.82. The molecule has 156 valence electrons. The molecule has 0 radical (unpaired) electrons. The van der Waals surface area contributed by atoms with E-state index >= 15 is 0 Å². The zero-order valence-corrected chi connectivity index (χ0v) is 18.8. The second-order valence-corrected chi connectivity index (χ2v) is 9.66. The van der Waals surface area contributed by atoms with Crippen LogP contribution in [0.3, 0.4) is 0 Å². The summed E-state index contributed by atoms with van der Waals surface area (Å²) < 4.78 is 0. The van der Waals surface area contributed by atoms with E-state index in [1.807, 2.05) is 24.3 Å². The zero-order valence-electron chi connectivity index (χ0n) is 18.8. The van der Waals surface area contributed by atoms with Gasteiger partial charge < -0.3 is 0 Å². The molecule has 29 heavy (non-hydrogen) atoms. The van der Waals surface area contributed by atoms with E-state index in [9.17, 15) is 4.79 Å². The summed E-state index contributed by atoms with van der Waals surface area (Å²) >= 11 is 0. The highest BCUT2D eigenvalue weighted by Gasteiger charge is 2.20. The zero-order chi connectivity index (χ0) is 20.8. The first-order valence-corrected chi connectivity index (χ1v) is 11.7. The molecule has 0 amide bonds. The van der Waals surface area contributed by atoms with Gasteiger partial charge in [0.2, 0.25) is 0 Å². The summed E-state index contributed by atoms with van der Waals surface area (Å²) in [7, 11) is 0. The molecule has 2 atom stereocenters. The number of hydrogen-bond donors (Lipinski definition) is 0. The highest BCUT2D eigenvalue weighted by Crippen LogP contribution is 2.35. The van der Waals surface area contributed by atoms with E-state index in [-0.39, 0.29) is 5.78 Å². The quantitative estimate of drug-likeness (QED) is 0.420. The van der Waals surface area contributed by atoms with E-state index in [4.69, 9.17) is 0 Å². The normalized spacial score (nSPS) is 21.5. The molecular weight excluding hydrogens is 352 g/mol. The molecule has 0 spiro atoms. The van der Waals surface area contributed by atoms with Crippen LogP contribution < -0.4 is 0 Å². The Morgan fingerprint density at radius 3 is 1.97 bits per heavy atom. The maximum atomic E-state index is 12.9. The first-order valence-electron chi connectivity index (χ1n) is 11.7. The van der Waals surface area contributed by atoms with Crippen molar-refractivity contribution in [2.24, 2.45) is 17.8 Å². The van der Waals surface area contributed by atoms with Crippen LogP contribution in [0, 0.1) is 17.8 Å². The second-order valence-electron chi connectivity index (χ2n) is 9.66. The highest BCUT2D eigenvalue weighted by molar-refractivity contribution is 6.09. The van der Waals surface area contributed by atoms with E-state index in [1.54, 1.807) is 0 Å². The molecule has 1 fully saturated rings. The van der Waals surface area contributed by atoms with Crippen LogP contribution in [0.2, 0.25) is 0 Å². The molecule has 0 N–H and O–H groups in total. The van der Waals surface area contributed by atoms with Crippen molar-refractivity contribution in [3.8, 4) is 0 Å². The lowest BCUT2D eigenvalue weighted by Gasteiger charge is -2.26. The molecule has 2 unspecified atom stereocenters. The van der Waals surface area contributed by atoms with Crippen molar-refractivity contribution >= 4 is 5.78 Å². The van der Waals surface area contributed by atoms with Crippen LogP contribution >= 0.6 is 0 Å². The molecule has 2 aromatic carbocycles. The Labute approximate surface area is 177 Å². The van der Waals surface area contributed by atoms with Crippen molar-refractivity contribution in [1.82, 2.24) is 0 Å². The molecule has 0 saturated heterocycles. The van der Waals surface area contributed by atoms with Crippen LogP contribution in [0.1, 0.15) is 99.2 Å². The van der Waals surface area contributed by atoms with Crippen molar-refractivity contribution in [2.75, 3.05) is 0 Å². The van der Waals surface area contributed by atoms with Gasteiger partial charge in [0.05, 0.1) is 0 Å². The first kappa shape index (κ1) is 21.8. The molecule has 1 aliphatic carbocycles. The Bertz CT molecular complexity index is 763. The highest BCUT2D eigenvalue weighted by atomic mass is 16.1. The number of ketones is 1. The summed E-state index contributed by atoms with van der Waals surface area (Å²) in [6, 6.07) is 16.7. The standard InChI is InChI=1S/C28H38O/c1-5-20(2)18-22(4)19-23-8-12-26(13-9-23)28(29)27-16-14-25(15-17-27)24-10-6-21(3)7-11-24/h8-9,12-17,20-22,24H,5-7,10-11,18-19H2,1-4H3. The van der Waals surface area contributed by atoms with E-state index in [2.05, 4.69) is 52.0 Å². The van der Waals surface area contributed by atoms with E-state index < -0.39 is 0 Å². The molecule has 0 heterocycles. The SMILES string of the molecule is CCC(C)CC(C)Cc1ccc(C(=O)c2ccc(C3CCC(C)CC3)cc2)cc1. The summed E-state index contributed by atoms with van der Waals surface area (Å²) in [4.78, 5) is 12.9. The minimum atomic E-state index is 0.132. The average molecular weight is 391 g/mol. The summed E-state index contributed by atoms with van der Waals surface area (Å²) in [5.74, 6) is 3.14. The van der Waals surface area contributed by atoms with Crippen molar-refractivity contribution < 1.29 is 4.79 Å². The lowest BCUT2D eigenvalue weighted by molar-refractivity contribution is 0.103. The Morgan fingerprint density at radius 2 is 1.41 bits per heavy atom. The number of hydrogen-bond acceptors (Lipinski definition) is 1. The van der Waals surface area contributed by atoms with Crippen LogP contribution in [-0.4, -0.2) is 5.78 Å². The first-order chi connectivity index (χ1) is 14.0. The number of benzene rings is 2. The molecule has 0 aromatic heterocycles. The van der Waals surface area contributed by atoms with Gasteiger partial charge in [-0.25, -0.2) is 0 Å². The van der Waals surface area contributed by atoms with Crippen molar-refractivity contribution in [3.05, 3.63) is 70.8 Å². The predicted octanol–water partition coefficient (Wildman–Crippen LogP) is 7.83. The van der Waals surface area contributed by atoms with Gasteiger partial charge in [-0.3, -0.25) is 4.79 Å². The van der Waals surface area contributed by atoms with E-state index in [0.717, 1.165) is 29.4 Å². The monoisotopic (exact) mass is 390 g/mol. The molecule has 1 aliphatic rings. The minimum absolute atomic E-state index is 0.132. The Balaban J connectivity index is 1.60. The molecule has 0 bridgehead atoms. The number of carbonyl (C=O) groups is 1. The Morgan fingerprint density at radius 1 is 0.862 bits per heavy atom. The van der Waals surface area contributed by atoms with Crippen LogP contribution in [-0.2, 0) is 6.42 Å².